The normalized spacial score (nSPS) is 10.9. The van der Waals surface area contributed by atoms with Gasteiger partial charge in [-0.3, -0.25) is 0 Å². The number of halogens is 1. The predicted octanol–water partition coefficient (Wildman–Crippen LogP) is 4.07. The molecule has 0 bridgehead atoms. The maximum Gasteiger partial charge on any atom is 0.0241 e. The van der Waals surface area contributed by atoms with Gasteiger partial charge >= 0.3 is 0 Å². The van der Waals surface area contributed by atoms with E-state index in [1.165, 1.54) is 35.8 Å². The van der Waals surface area contributed by atoms with Crippen molar-refractivity contribution in [1.82, 2.24) is 4.90 Å². The fourth-order valence-corrected chi connectivity index (χ4v) is 2.04. The lowest BCUT2D eigenvalue weighted by Gasteiger charge is -2.17. The van der Waals surface area contributed by atoms with E-state index in [9.17, 15) is 0 Å². The van der Waals surface area contributed by atoms with E-state index in [-0.39, 0.29) is 0 Å². The van der Waals surface area contributed by atoms with Crippen molar-refractivity contribution in [3.8, 4) is 0 Å². The van der Waals surface area contributed by atoms with Crippen molar-refractivity contribution in [3.63, 3.8) is 0 Å². The summed E-state index contributed by atoms with van der Waals surface area (Å²) < 4.78 is 1.22. The second kappa shape index (κ2) is 7.02. The monoisotopic (exact) mass is 269 g/mol. The van der Waals surface area contributed by atoms with Crippen molar-refractivity contribution in [2.24, 2.45) is 0 Å². The Labute approximate surface area is 102 Å². The molecule has 0 aliphatic rings. The summed E-state index contributed by atoms with van der Waals surface area (Å²) in [5, 5.41) is 0. The van der Waals surface area contributed by atoms with Gasteiger partial charge in [-0.15, -0.1) is 0 Å². The SMILES string of the molecule is CCCCCN(C)Cc1ccccc1Br. The summed E-state index contributed by atoms with van der Waals surface area (Å²) in [6, 6.07) is 8.44. The first kappa shape index (κ1) is 12.7. The lowest BCUT2D eigenvalue weighted by atomic mass is 10.2. The zero-order valence-electron chi connectivity index (χ0n) is 9.67. The van der Waals surface area contributed by atoms with Crippen LogP contribution in [-0.4, -0.2) is 18.5 Å². The molecule has 0 aromatic heterocycles. The van der Waals surface area contributed by atoms with Crippen molar-refractivity contribution in [2.75, 3.05) is 13.6 Å². The summed E-state index contributed by atoms with van der Waals surface area (Å²) >= 11 is 3.58. The highest BCUT2D eigenvalue weighted by Gasteiger charge is 2.02. The fraction of sp³-hybridized carbons (Fsp3) is 0.538. The van der Waals surface area contributed by atoms with Gasteiger partial charge in [-0.05, 0) is 31.6 Å². The summed E-state index contributed by atoms with van der Waals surface area (Å²) in [6.45, 7) is 4.47. The minimum atomic E-state index is 1.03. The molecule has 0 spiro atoms. The Morgan fingerprint density at radius 1 is 1.20 bits per heavy atom. The van der Waals surface area contributed by atoms with Gasteiger partial charge in [0.1, 0.15) is 0 Å². The highest BCUT2D eigenvalue weighted by Crippen LogP contribution is 2.17. The van der Waals surface area contributed by atoms with Crippen LogP contribution in [0.3, 0.4) is 0 Å². The molecule has 84 valence electrons. The Morgan fingerprint density at radius 3 is 2.60 bits per heavy atom. The molecule has 0 atom stereocenters. The number of hydrogen-bond donors (Lipinski definition) is 0. The van der Waals surface area contributed by atoms with Crippen LogP contribution in [0.1, 0.15) is 31.7 Å². The molecule has 1 aromatic rings. The second-order valence-corrected chi connectivity index (χ2v) is 4.89. The minimum Gasteiger partial charge on any atom is -0.302 e. The second-order valence-electron chi connectivity index (χ2n) is 4.04. The molecule has 0 fully saturated rings. The molecule has 0 heterocycles. The first-order chi connectivity index (χ1) is 7.24. The number of unbranched alkanes of at least 4 members (excludes halogenated alkanes) is 2. The summed E-state index contributed by atoms with van der Waals surface area (Å²) in [4.78, 5) is 2.38. The fourth-order valence-electron chi connectivity index (χ4n) is 1.63. The number of rotatable bonds is 6. The van der Waals surface area contributed by atoms with Gasteiger partial charge in [-0.25, -0.2) is 0 Å². The third kappa shape index (κ3) is 4.80. The standard InChI is InChI=1S/C13H20BrN/c1-3-4-7-10-15(2)11-12-8-5-6-9-13(12)14/h5-6,8-9H,3-4,7,10-11H2,1-2H3. The summed E-state index contributed by atoms with van der Waals surface area (Å²) in [7, 11) is 2.19. The molecule has 0 aliphatic heterocycles. The van der Waals surface area contributed by atoms with Gasteiger partial charge in [0.25, 0.3) is 0 Å². The smallest absolute Gasteiger partial charge is 0.0241 e. The molecule has 15 heavy (non-hydrogen) atoms. The van der Waals surface area contributed by atoms with Gasteiger partial charge in [-0.1, -0.05) is 53.9 Å². The molecule has 0 N–H and O–H groups in total. The van der Waals surface area contributed by atoms with E-state index in [1.807, 2.05) is 0 Å². The Hall–Kier alpha value is -0.340. The third-order valence-electron chi connectivity index (χ3n) is 2.54. The van der Waals surface area contributed by atoms with Crippen LogP contribution in [0.4, 0.5) is 0 Å². The highest BCUT2D eigenvalue weighted by molar-refractivity contribution is 9.10. The van der Waals surface area contributed by atoms with E-state index in [4.69, 9.17) is 0 Å². The maximum atomic E-state index is 3.58. The Balaban J connectivity index is 2.37. The molecular formula is C13H20BrN. The van der Waals surface area contributed by atoms with Crippen LogP contribution >= 0.6 is 15.9 Å². The van der Waals surface area contributed by atoms with Gasteiger partial charge in [0.2, 0.25) is 0 Å². The average molecular weight is 270 g/mol. The number of hydrogen-bond acceptors (Lipinski definition) is 1. The molecular weight excluding hydrogens is 250 g/mol. The maximum absolute atomic E-state index is 3.58. The van der Waals surface area contributed by atoms with E-state index in [0.29, 0.717) is 0 Å². The van der Waals surface area contributed by atoms with Crippen LogP contribution in [0.15, 0.2) is 28.7 Å². The van der Waals surface area contributed by atoms with Crippen molar-refractivity contribution in [2.45, 2.75) is 32.7 Å². The number of benzene rings is 1. The van der Waals surface area contributed by atoms with Crippen LogP contribution in [-0.2, 0) is 6.54 Å². The van der Waals surface area contributed by atoms with E-state index in [0.717, 1.165) is 6.54 Å². The van der Waals surface area contributed by atoms with Crippen molar-refractivity contribution < 1.29 is 0 Å². The summed E-state index contributed by atoms with van der Waals surface area (Å²) in [5.41, 5.74) is 1.37. The Bertz CT molecular complexity index is 286. The topological polar surface area (TPSA) is 3.24 Å². The van der Waals surface area contributed by atoms with Crippen LogP contribution < -0.4 is 0 Å². The zero-order chi connectivity index (χ0) is 11.1. The largest absolute Gasteiger partial charge is 0.302 e. The van der Waals surface area contributed by atoms with Gasteiger partial charge in [0.15, 0.2) is 0 Å². The van der Waals surface area contributed by atoms with E-state index in [1.54, 1.807) is 0 Å². The van der Waals surface area contributed by atoms with Gasteiger partial charge in [0, 0.05) is 11.0 Å². The predicted molar refractivity (Wildman–Crippen MR) is 70.0 cm³/mol. The minimum absolute atomic E-state index is 1.03. The zero-order valence-corrected chi connectivity index (χ0v) is 11.3. The summed E-state index contributed by atoms with van der Waals surface area (Å²) in [6.07, 6.45) is 3.93. The molecule has 1 nitrogen and oxygen atoms in total. The molecule has 0 radical (unpaired) electrons. The first-order valence-corrected chi connectivity index (χ1v) is 6.45. The first-order valence-electron chi connectivity index (χ1n) is 5.66. The third-order valence-corrected chi connectivity index (χ3v) is 3.32. The molecule has 0 amide bonds. The van der Waals surface area contributed by atoms with Crippen LogP contribution in [0.25, 0.3) is 0 Å². The lowest BCUT2D eigenvalue weighted by molar-refractivity contribution is 0.317. The molecule has 0 saturated heterocycles. The summed E-state index contributed by atoms with van der Waals surface area (Å²) in [5.74, 6) is 0. The average Bonchev–Trinajstić information content (AvgIpc) is 2.22. The highest BCUT2D eigenvalue weighted by atomic mass is 79.9. The quantitative estimate of drug-likeness (QED) is 0.704. The van der Waals surface area contributed by atoms with Gasteiger partial charge < -0.3 is 4.90 Å². The molecule has 0 unspecified atom stereocenters. The molecule has 1 aromatic carbocycles. The van der Waals surface area contributed by atoms with Crippen LogP contribution in [0.5, 0.6) is 0 Å². The van der Waals surface area contributed by atoms with Crippen LogP contribution in [0.2, 0.25) is 0 Å². The van der Waals surface area contributed by atoms with E-state index in [2.05, 4.69) is 59.1 Å². The number of nitrogens with zero attached hydrogens (tertiary/aromatic N) is 1. The molecule has 1 rings (SSSR count). The van der Waals surface area contributed by atoms with Gasteiger partial charge in [-0.2, -0.15) is 0 Å². The van der Waals surface area contributed by atoms with Crippen molar-refractivity contribution >= 4 is 15.9 Å². The molecule has 0 aliphatic carbocycles. The lowest BCUT2D eigenvalue weighted by Crippen LogP contribution is -2.19. The Kier molecular flexibility index (Phi) is 5.96. The van der Waals surface area contributed by atoms with Crippen LogP contribution in [0, 0.1) is 0 Å². The molecule has 0 saturated carbocycles. The van der Waals surface area contributed by atoms with E-state index < -0.39 is 0 Å². The van der Waals surface area contributed by atoms with E-state index >= 15 is 0 Å². The van der Waals surface area contributed by atoms with Gasteiger partial charge in [0.05, 0.1) is 0 Å². The molecule has 2 heteroatoms. The Morgan fingerprint density at radius 2 is 1.93 bits per heavy atom. The van der Waals surface area contributed by atoms with Crippen molar-refractivity contribution in [1.29, 1.82) is 0 Å². The van der Waals surface area contributed by atoms with Crippen molar-refractivity contribution in [3.05, 3.63) is 34.3 Å².